The van der Waals surface area contributed by atoms with Crippen molar-refractivity contribution in [1.82, 2.24) is 4.90 Å². The van der Waals surface area contributed by atoms with Gasteiger partial charge in [0.15, 0.2) is 0 Å². The van der Waals surface area contributed by atoms with Gasteiger partial charge < -0.3 is 9.64 Å². The quantitative estimate of drug-likeness (QED) is 0.597. The van der Waals surface area contributed by atoms with Crippen LogP contribution in [-0.2, 0) is 16.8 Å². The summed E-state index contributed by atoms with van der Waals surface area (Å²) >= 11 is 0. The summed E-state index contributed by atoms with van der Waals surface area (Å²) < 4.78 is 5.14. The summed E-state index contributed by atoms with van der Waals surface area (Å²) in [5, 5.41) is 10.8. The summed E-state index contributed by atoms with van der Waals surface area (Å²) in [7, 11) is 3.41. The molecule has 6 heteroatoms. The third-order valence-corrected chi connectivity index (χ3v) is 4.72. The van der Waals surface area contributed by atoms with Gasteiger partial charge in [0, 0.05) is 25.7 Å². The number of hydrogen-bond acceptors (Lipinski definition) is 4. The Balaban J connectivity index is 1.73. The number of benzene rings is 2. The highest BCUT2D eigenvalue weighted by atomic mass is 16.6. The normalized spacial score (nSPS) is 14.6. The van der Waals surface area contributed by atoms with E-state index in [1.807, 2.05) is 24.3 Å². The number of methoxy groups -OCH3 is 1. The number of hydrogen-bond donors (Lipinski definition) is 0. The Morgan fingerprint density at radius 3 is 2.24 bits per heavy atom. The van der Waals surface area contributed by atoms with E-state index in [0.29, 0.717) is 6.54 Å². The molecule has 0 saturated heterocycles. The molecule has 6 nitrogen and oxygen atoms in total. The Labute approximate surface area is 146 Å². The number of nitro benzene ring substituents is 1. The van der Waals surface area contributed by atoms with Gasteiger partial charge in [-0.2, -0.15) is 0 Å². The molecule has 0 bridgehead atoms. The maximum Gasteiger partial charge on any atom is 0.269 e. The summed E-state index contributed by atoms with van der Waals surface area (Å²) in [5.41, 5.74) is 1.38. The van der Waals surface area contributed by atoms with Crippen LogP contribution in [0.15, 0.2) is 48.5 Å². The predicted molar refractivity (Wildman–Crippen MR) is 93.5 cm³/mol. The maximum absolute atomic E-state index is 12.9. The lowest BCUT2D eigenvalue weighted by Crippen LogP contribution is -2.36. The molecule has 0 atom stereocenters. The largest absolute Gasteiger partial charge is 0.497 e. The molecule has 2 aromatic rings. The van der Waals surface area contributed by atoms with E-state index in [0.717, 1.165) is 29.7 Å². The minimum Gasteiger partial charge on any atom is -0.497 e. The van der Waals surface area contributed by atoms with Gasteiger partial charge in [0.25, 0.3) is 5.69 Å². The highest BCUT2D eigenvalue weighted by Crippen LogP contribution is 2.49. The van der Waals surface area contributed by atoms with Crippen LogP contribution in [0.4, 0.5) is 5.69 Å². The van der Waals surface area contributed by atoms with Crippen molar-refractivity contribution in [3.63, 3.8) is 0 Å². The number of likely N-dealkylation sites (N-methyl/N-ethyl adjacent to an activating group) is 1. The first-order valence-corrected chi connectivity index (χ1v) is 8.10. The lowest BCUT2D eigenvalue weighted by atomic mass is 9.94. The lowest BCUT2D eigenvalue weighted by Gasteiger charge is -2.24. The molecule has 130 valence electrons. The number of non-ortho nitro benzene ring substituents is 1. The number of nitro groups is 1. The van der Waals surface area contributed by atoms with Crippen molar-refractivity contribution in [3.8, 4) is 5.75 Å². The van der Waals surface area contributed by atoms with Gasteiger partial charge in [0.05, 0.1) is 17.4 Å². The monoisotopic (exact) mass is 340 g/mol. The number of nitrogens with zero attached hydrogens (tertiary/aromatic N) is 2. The molecule has 25 heavy (non-hydrogen) atoms. The molecule has 1 amide bonds. The summed E-state index contributed by atoms with van der Waals surface area (Å²) in [4.78, 5) is 25.0. The Morgan fingerprint density at radius 1 is 1.16 bits per heavy atom. The van der Waals surface area contributed by atoms with E-state index in [1.54, 1.807) is 31.2 Å². The highest BCUT2D eigenvalue weighted by Gasteiger charge is 2.52. The average molecular weight is 340 g/mol. The standard InChI is InChI=1S/C19H20N2O4/c1-20(13-14-3-9-17(25-2)10-4-14)18(22)19(11-12-19)15-5-7-16(8-6-15)21(23)24/h3-10H,11-13H2,1-2H3. The van der Waals surface area contributed by atoms with Gasteiger partial charge in [-0.3, -0.25) is 14.9 Å². The molecule has 2 aromatic carbocycles. The second kappa shape index (κ2) is 6.55. The molecule has 0 unspecified atom stereocenters. The van der Waals surface area contributed by atoms with Crippen LogP contribution in [-0.4, -0.2) is 29.9 Å². The molecular weight excluding hydrogens is 320 g/mol. The molecule has 1 aliphatic rings. The molecular formula is C19H20N2O4. The number of amides is 1. The molecule has 0 radical (unpaired) electrons. The Bertz CT molecular complexity index is 780. The minimum atomic E-state index is -0.531. The fourth-order valence-electron chi connectivity index (χ4n) is 3.10. The van der Waals surface area contributed by atoms with E-state index in [1.165, 1.54) is 12.1 Å². The first kappa shape index (κ1) is 17.0. The Morgan fingerprint density at radius 2 is 1.76 bits per heavy atom. The number of rotatable bonds is 6. The Kier molecular flexibility index (Phi) is 4.44. The lowest BCUT2D eigenvalue weighted by molar-refractivity contribution is -0.384. The van der Waals surface area contributed by atoms with Crippen molar-refractivity contribution in [1.29, 1.82) is 0 Å². The van der Waals surface area contributed by atoms with Crippen molar-refractivity contribution in [2.75, 3.05) is 14.2 Å². The van der Waals surface area contributed by atoms with Crippen molar-refractivity contribution in [2.24, 2.45) is 0 Å². The molecule has 0 spiro atoms. The van der Waals surface area contributed by atoms with Crippen LogP contribution in [0.25, 0.3) is 0 Å². The molecule has 0 aliphatic heterocycles. The maximum atomic E-state index is 12.9. The zero-order valence-corrected chi connectivity index (χ0v) is 14.3. The smallest absolute Gasteiger partial charge is 0.269 e. The second-order valence-electron chi connectivity index (χ2n) is 6.40. The van der Waals surface area contributed by atoms with Gasteiger partial charge in [-0.05, 0) is 36.1 Å². The highest BCUT2D eigenvalue weighted by molar-refractivity contribution is 5.91. The van der Waals surface area contributed by atoms with E-state index >= 15 is 0 Å². The van der Waals surface area contributed by atoms with Crippen LogP contribution in [0.1, 0.15) is 24.0 Å². The van der Waals surface area contributed by atoms with Crippen LogP contribution in [0.5, 0.6) is 5.75 Å². The van der Waals surface area contributed by atoms with E-state index in [2.05, 4.69) is 0 Å². The van der Waals surface area contributed by atoms with Crippen LogP contribution < -0.4 is 4.74 Å². The summed E-state index contributed by atoms with van der Waals surface area (Å²) in [6, 6.07) is 13.9. The molecule has 0 heterocycles. The topological polar surface area (TPSA) is 72.7 Å². The fraction of sp³-hybridized carbons (Fsp3) is 0.316. The van der Waals surface area contributed by atoms with Crippen molar-refractivity contribution >= 4 is 11.6 Å². The molecule has 0 N–H and O–H groups in total. The number of carbonyl (C=O) groups is 1. The molecule has 1 fully saturated rings. The zero-order chi connectivity index (χ0) is 18.0. The SMILES string of the molecule is COc1ccc(CN(C)C(=O)C2(c3ccc([N+](=O)[O-])cc3)CC2)cc1. The molecule has 1 aliphatic carbocycles. The third kappa shape index (κ3) is 3.33. The Hall–Kier alpha value is -2.89. The van der Waals surface area contributed by atoms with Gasteiger partial charge in [0.2, 0.25) is 5.91 Å². The van der Waals surface area contributed by atoms with E-state index in [-0.39, 0.29) is 11.6 Å². The molecule has 3 rings (SSSR count). The second-order valence-corrected chi connectivity index (χ2v) is 6.40. The minimum absolute atomic E-state index is 0.0404. The van der Waals surface area contributed by atoms with E-state index < -0.39 is 10.3 Å². The first-order valence-electron chi connectivity index (χ1n) is 8.10. The van der Waals surface area contributed by atoms with Crippen molar-refractivity contribution in [3.05, 3.63) is 69.8 Å². The zero-order valence-electron chi connectivity index (χ0n) is 14.3. The average Bonchev–Trinajstić information content (AvgIpc) is 3.43. The fourth-order valence-corrected chi connectivity index (χ4v) is 3.10. The van der Waals surface area contributed by atoms with Crippen LogP contribution in [0.3, 0.4) is 0 Å². The third-order valence-electron chi connectivity index (χ3n) is 4.72. The van der Waals surface area contributed by atoms with Crippen LogP contribution >= 0.6 is 0 Å². The van der Waals surface area contributed by atoms with Crippen LogP contribution in [0, 0.1) is 10.1 Å². The summed E-state index contributed by atoms with van der Waals surface area (Å²) in [5.74, 6) is 0.833. The summed E-state index contributed by atoms with van der Waals surface area (Å²) in [6.07, 6.45) is 1.55. The van der Waals surface area contributed by atoms with Gasteiger partial charge in [-0.25, -0.2) is 0 Å². The molecule has 1 saturated carbocycles. The van der Waals surface area contributed by atoms with Crippen molar-refractivity contribution < 1.29 is 14.5 Å². The van der Waals surface area contributed by atoms with Crippen LogP contribution in [0.2, 0.25) is 0 Å². The molecule has 0 aromatic heterocycles. The van der Waals surface area contributed by atoms with E-state index in [4.69, 9.17) is 4.74 Å². The summed E-state index contributed by atoms with van der Waals surface area (Å²) in [6.45, 7) is 0.511. The first-order chi connectivity index (χ1) is 12.0. The van der Waals surface area contributed by atoms with Gasteiger partial charge in [0.1, 0.15) is 5.75 Å². The number of carbonyl (C=O) groups excluding carboxylic acids is 1. The number of ether oxygens (including phenoxy) is 1. The van der Waals surface area contributed by atoms with Gasteiger partial charge in [-0.1, -0.05) is 24.3 Å². The van der Waals surface area contributed by atoms with Crippen molar-refractivity contribution in [2.45, 2.75) is 24.8 Å². The van der Waals surface area contributed by atoms with E-state index in [9.17, 15) is 14.9 Å². The van der Waals surface area contributed by atoms with Gasteiger partial charge >= 0.3 is 0 Å². The van der Waals surface area contributed by atoms with Gasteiger partial charge in [-0.15, -0.1) is 0 Å². The predicted octanol–water partition coefficient (Wildman–Crippen LogP) is 3.29.